The topological polar surface area (TPSA) is 72.2 Å². The third-order valence-corrected chi connectivity index (χ3v) is 1.70. The van der Waals surface area contributed by atoms with Crippen molar-refractivity contribution in [1.82, 2.24) is 5.32 Å². The molecule has 0 unspecified atom stereocenters. The number of nitrogens with two attached hydrogens (primary N) is 1. The molecule has 16 heavy (non-hydrogen) atoms. The van der Waals surface area contributed by atoms with Crippen LogP contribution in [-0.4, -0.2) is 18.4 Å². The molecular formula is C9H13F3N2O2. The lowest BCUT2D eigenvalue weighted by Gasteiger charge is -2.02. The maximum atomic E-state index is 12.3. The van der Waals surface area contributed by atoms with E-state index in [0.717, 1.165) is 0 Å². The van der Waals surface area contributed by atoms with Crippen LogP contribution >= 0.6 is 0 Å². The zero-order valence-corrected chi connectivity index (χ0v) is 8.56. The summed E-state index contributed by atoms with van der Waals surface area (Å²) in [5, 5.41) is 2.24. The molecule has 2 amide bonds. The molecule has 0 radical (unpaired) electrons. The lowest BCUT2D eigenvalue weighted by molar-refractivity contribution is -0.121. The molecule has 0 spiro atoms. The number of hydrogen-bond donors (Lipinski definition) is 2. The molecule has 4 nitrogen and oxygen atoms in total. The van der Waals surface area contributed by atoms with Gasteiger partial charge in [0.25, 0.3) is 0 Å². The summed E-state index contributed by atoms with van der Waals surface area (Å²) in [5.41, 5.74) is 4.84. The summed E-state index contributed by atoms with van der Waals surface area (Å²) in [6, 6.07) is 0. The van der Waals surface area contributed by atoms with Crippen molar-refractivity contribution in [3.05, 3.63) is 11.9 Å². The van der Waals surface area contributed by atoms with E-state index in [1.54, 1.807) is 0 Å². The van der Waals surface area contributed by atoms with Crippen molar-refractivity contribution in [3.63, 3.8) is 0 Å². The van der Waals surface area contributed by atoms with E-state index in [0.29, 0.717) is 0 Å². The summed E-state index contributed by atoms with van der Waals surface area (Å²) in [6.07, 6.45) is -2.48. The summed E-state index contributed by atoms with van der Waals surface area (Å²) >= 11 is 0. The van der Waals surface area contributed by atoms with E-state index >= 15 is 0 Å². The first-order valence-corrected chi connectivity index (χ1v) is 4.68. The number of nitrogens with one attached hydrogen (secondary N) is 1. The fraction of sp³-hybridized carbons (Fsp3) is 0.556. The lowest BCUT2D eigenvalue weighted by atomic mass is 10.2. The number of halogens is 3. The standard InChI is InChI=1S/C9H13F3N2O2/c10-6(9(11)12)4-5-14-8(16)3-1-2-7(13)15/h1-5H2,(H2,13,15)(H,14,16). The van der Waals surface area contributed by atoms with Gasteiger partial charge in [0.15, 0.2) is 5.83 Å². The lowest BCUT2D eigenvalue weighted by Crippen LogP contribution is -2.24. The van der Waals surface area contributed by atoms with E-state index in [9.17, 15) is 22.8 Å². The van der Waals surface area contributed by atoms with Gasteiger partial charge in [-0.05, 0) is 6.42 Å². The summed E-state index contributed by atoms with van der Waals surface area (Å²) in [4.78, 5) is 21.3. The predicted octanol–water partition coefficient (Wildman–Crippen LogP) is 1.23. The van der Waals surface area contributed by atoms with Crippen LogP contribution in [0.2, 0.25) is 0 Å². The van der Waals surface area contributed by atoms with Gasteiger partial charge in [-0.2, -0.15) is 8.78 Å². The average Bonchev–Trinajstić information content (AvgIpc) is 2.16. The van der Waals surface area contributed by atoms with E-state index in [2.05, 4.69) is 5.32 Å². The van der Waals surface area contributed by atoms with Crippen molar-refractivity contribution in [1.29, 1.82) is 0 Å². The number of carbonyl (C=O) groups is 2. The van der Waals surface area contributed by atoms with Crippen LogP contribution in [0, 0.1) is 0 Å². The Balaban J connectivity index is 3.59. The van der Waals surface area contributed by atoms with Crippen LogP contribution in [0.1, 0.15) is 25.7 Å². The van der Waals surface area contributed by atoms with Crippen molar-refractivity contribution in [2.45, 2.75) is 25.7 Å². The van der Waals surface area contributed by atoms with Crippen LogP contribution in [-0.2, 0) is 9.59 Å². The van der Waals surface area contributed by atoms with Gasteiger partial charge in [-0.25, -0.2) is 4.39 Å². The minimum Gasteiger partial charge on any atom is -0.370 e. The van der Waals surface area contributed by atoms with Gasteiger partial charge in [0.1, 0.15) is 0 Å². The normalized spacial score (nSPS) is 9.69. The predicted molar refractivity (Wildman–Crippen MR) is 51.0 cm³/mol. The second-order valence-corrected chi connectivity index (χ2v) is 3.09. The summed E-state index contributed by atoms with van der Waals surface area (Å²) in [5.74, 6) is -2.47. The highest BCUT2D eigenvalue weighted by atomic mass is 19.3. The molecule has 92 valence electrons. The van der Waals surface area contributed by atoms with Gasteiger partial charge < -0.3 is 11.1 Å². The SMILES string of the molecule is NC(=O)CCCC(=O)NCCC(F)=C(F)F. The quantitative estimate of drug-likeness (QED) is 0.700. The van der Waals surface area contributed by atoms with E-state index < -0.39 is 30.1 Å². The molecule has 0 aromatic rings. The fourth-order valence-electron chi connectivity index (χ4n) is 0.918. The molecule has 0 aliphatic heterocycles. The van der Waals surface area contributed by atoms with Gasteiger partial charge in [-0.3, -0.25) is 9.59 Å². The maximum absolute atomic E-state index is 12.3. The van der Waals surface area contributed by atoms with Gasteiger partial charge in [-0.15, -0.1) is 0 Å². The third kappa shape index (κ3) is 7.84. The third-order valence-electron chi connectivity index (χ3n) is 1.70. The molecule has 0 heterocycles. The van der Waals surface area contributed by atoms with Gasteiger partial charge >= 0.3 is 6.08 Å². The van der Waals surface area contributed by atoms with Gasteiger partial charge in [-0.1, -0.05) is 0 Å². The minimum atomic E-state index is -2.37. The smallest absolute Gasteiger partial charge is 0.301 e. The molecule has 0 aromatic heterocycles. The average molecular weight is 238 g/mol. The summed E-state index contributed by atoms with van der Waals surface area (Å²) in [6.45, 7) is -0.196. The van der Waals surface area contributed by atoms with Crippen molar-refractivity contribution in [2.24, 2.45) is 5.73 Å². The molecule has 0 saturated heterocycles. The fourth-order valence-corrected chi connectivity index (χ4v) is 0.918. The van der Waals surface area contributed by atoms with E-state index in [1.165, 1.54) is 0 Å². The van der Waals surface area contributed by atoms with Gasteiger partial charge in [0, 0.05) is 25.8 Å². The zero-order valence-electron chi connectivity index (χ0n) is 8.56. The Bertz CT molecular complexity index is 288. The molecular weight excluding hydrogens is 225 g/mol. The molecule has 3 N–H and O–H groups in total. The Morgan fingerprint density at radius 1 is 1.06 bits per heavy atom. The second-order valence-electron chi connectivity index (χ2n) is 3.09. The Kier molecular flexibility index (Phi) is 6.98. The molecule has 0 rings (SSSR count). The minimum absolute atomic E-state index is 0.0619. The van der Waals surface area contributed by atoms with Crippen LogP contribution in [0.25, 0.3) is 0 Å². The molecule has 0 aromatic carbocycles. The molecule has 0 aliphatic rings. The number of amides is 2. The highest BCUT2D eigenvalue weighted by Crippen LogP contribution is 2.11. The van der Waals surface area contributed by atoms with E-state index in [4.69, 9.17) is 5.73 Å². The number of primary amides is 1. The maximum Gasteiger partial charge on any atom is 0.301 e. The largest absolute Gasteiger partial charge is 0.370 e. The van der Waals surface area contributed by atoms with Crippen LogP contribution < -0.4 is 11.1 Å². The van der Waals surface area contributed by atoms with Crippen LogP contribution in [0.3, 0.4) is 0 Å². The first kappa shape index (κ1) is 14.5. The Hall–Kier alpha value is -1.53. The van der Waals surface area contributed by atoms with E-state index in [1.807, 2.05) is 0 Å². The molecule has 0 atom stereocenters. The van der Waals surface area contributed by atoms with Crippen molar-refractivity contribution in [2.75, 3.05) is 6.54 Å². The van der Waals surface area contributed by atoms with Crippen molar-refractivity contribution < 1.29 is 22.8 Å². The molecule has 0 saturated carbocycles. The Morgan fingerprint density at radius 3 is 2.19 bits per heavy atom. The van der Waals surface area contributed by atoms with E-state index in [-0.39, 0.29) is 25.8 Å². The monoisotopic (exact) mass is 238 g/mol. The summed E-state index contributed by atoms with van der Waals surface area (Å²) in [7, 11) is 0. The second kappa shape index (κ2) is 7.72. The van der Waals surface area contributed by atoms with Crippen LogP contribution in [0.15, 0.2) is 11.9 Å². The molecule has 7 heteroatoms. The van der Waals surface area contributed by atoms with Gasteiger partial charge in [0.2, 0.25) is 11.8 Å². The zero-order chi connectivity index (χ0) is 12.6. The Morgan fingerprint density at radius 2 is 1.69 bits per heavy atom. The highest BCUT2D eigenvalue weighted by Gasteiger charge is 2.06. The van der Waals surface area contributed by atoms with Crippen LogP contribution in [0.4, 0.5) is 13.2 Å². The summed E-state index contributed by atoms with van der Waals surface area (Å²) < 4.78 is 35.4. The molecule has 0 fully saturated rings. The number of hydrogen-bond acceptors (Lipinski definition) is 2. The highest BCUT2D eigenvalue weighted by molar-refractivity contribution is 5.77. The van der Waals surface area contributed by atoms with Gasteiger partial charge in [0.05, 0.1) is 0 Å². The molecule has 0 bridgehead atoms. The molecule has 0 aliphatic carbocycles. The number of carbonyl (C=O) groups excluding carboxylic acids is 2. The Labute approximate surface area is 90.7 Å². The van der Waals surface area contributed by atoms with Crippen LogP contribution in [0.5, 0.6) is 0 Å². The number of rotatable bonds is 7. The first-order chi connectivity index (χ1) is 7.43. The van der Waals surface area contributed by atoms with Crippen molar-refractivity contribution in [3.8, 4) is 0 Å². The first-order valence-electron chi connectivity index (χ1n) is 4.68. The van der Waals surface area contributed by atoms with Crippen molar-refractivity contribution >= 4 is 11.8 Å².